The van der Waals surface area contributed by atoms with Crippen LogP contribution in [-0.4, -0.2) is 45.8 Å². The second-order valence-corrected chi connectivity index (χ2v) is 5.55. The van der Waals surface area contributed by atoms with Crippen LogP contribution in [0.4, 0.5) is 0 Å². The molecule has 0 saturated carbocycles. The normalized spacial score (nSPS) is 10.2. The third kappa shape index (κ3) is 4.05. The maximum absolute atomic E-state index is 12.5. The molecule has 3 rings (SSSR count). The first kappa shape index (κ1) is 17.2. The monoisotopic (exact) mass is 347 g/mol. The highest BCUT2D eigenvalue weighted by Gasteiger charge is 2.14. The standard InChI is InChI=1S/C19H17N5O2/c1-23(11-12-26-16-6-2-5-15(13-16)14-20)19(25)17-7-3-8-18(22-17)24-10-4-9-21-24/h2-10,13H,11-12H2,1H3. The molecule has 0 saturated heterocycles. The summed E-state index contributed by atoms with van der Waals surface area (Å²) >= 11 is 0. The maximum Gasteiger partial charge on any atom is 0.272 e. The molecule has 0 bridgehead atoms. The SMILES string of the molecule is CN(CCOc1cccc(C#N)c1)C(=O)c1cccc(-n2cccn2)n1. The van der Waals surface area contributed by atoms with Gasteiger partial charge in [-0.1, -0.05) is 12.1 Å². The Labute approximate surface area is 151 Å². The summed E-state index contributed by atoms with van der Waals surface area (Å²) in [6.45, 7) is 0.708. The number of likely N-dealkylation sites (N-methyl/N-ethyl adjacent to an activating group) is 1. The van der Waals surface area contributed by atoms with Crippen LogP contribution in [-0.2, 0) is 0 Å². The fourth-order valence-electron chi connectivity index (χ4n) is 2.33. The Morgan fingerprint density at radius 3 is 2.88 bits per heavy atom. The van der Waals surface area contributed by atoms with Gasteiger partial charge in [0.05, 0.1) is 18.2 Å². The average Bonchev–Trinajstić information content (AvgIpc) is 3.22. The lowest BCUT2D eigenvalue weighted by Gasteiger charge is -2.17. The molecule has 26 heavy (non-hydrogen) atoms. The topological polar surface area (TPSA) is 84.0 Å². The van der Waals surface area contributed by atoms with E-state index >= 15 is 0 Å². The molecule has 130 valence electrons. The van der Waals surface area contributed by atoms with Crippen molar-refractivity contribution in [2.45, 2.75) is 0 Å². The number of ether oxygens (including phenoxy) is 1. The number of rotatable bonds is 6. The van der Waals surface area contributed by atoms with Gasteiger partial charge in [-0.3, -0.25) is 4.79 Å². The Hall–Kier alpha value is -3.66. The van der Waals surface area contributed by atoms with Crippen molar-refractivity contribution in [3.05, 3.63) is 72.2 Å². The highest BCUT2D eigenvalue weighted by molar-refractivity contribution is 5.92. The van der Waals surface area contributed by atoms with Crippen molar-refractivity contribution in [3.63, 3.8) is 0 Å². The summed E-state index contributed by atoms with van der Waals surface area (Å²) in [6.07, 6.45) is 3.42. The summed E-state index contributed by atoms with van der Waals surface area (Å²) in [5.74, 6) is 0.982. The largest absolute Gasteiger partial charge is 0.492 e. The first-order valence-electron chi connectivity index (χ1n) is 8.03. The van der Waals surface area contributed by atoms with E-state index in [0.29, 0.717) is 36.0 Å². The Bertz CT molecular complexity index is 931. The zero-order valence-corrected chi connectivity index (χ0v) is 14.2. The zero-order valence-electron chi connectivity index (χ0n) is 14.2. The molecular weight excluding hydrogens is 330 g/mol. The Kier molecular flexibility index (Phi) is 5.25. The van der Waals surface area contributed by atoms with Gasteiger partial charge in [0, 0.05) is 19.4 Å². The summed E-state index contributed by atoms with van der Waals surface area (Å²) in [4.78, 5) is 18.4. The number of carbonyl (C=O) groups excluding carboxylic acids is 1. The van der Waals surface area contributed by atoms with E-state index in [1.807, 2.05) is 0 Å². The number of nitrogens with zero attached hydrogens (tertiary/aromatic N) is 5. The van der Waals surface area contributed by atoms with Gasteiger partial charge in [0.1, 0.15) is 18.1 Å². The van der Waals surface area contributed by atoms with Crippen LogP contribution in [0.15, 0.2) is 60.9 Å². The lowest BCUT2D eigenvalue weighted by atomic mass is 10.2. The van der Waals surface area contributed by atoms with Crippen molar-refractivity contribution in [3.8, 4) is 17.6 Å². The third-order valence-corrected chi connectivity index (χ3v) is 3.70. The lowest BCUT2D eigenvalue weighted by molar-refractivity contribution is 0.0768. The smallest absolute Gasteiger partial charge is 0.272 e. The van der Waals surface area contributed by atoms with E-state index in [1.165, 1.54) is 0 Å². The van der Waals surface area contributed by atoms with Crippen LogP contribution in [0.3, 0.4) is 0 Å². The quantitative estimate of drug-likeness (QED) is 0.683. The Balaban J connectivity index is 1.59. The van der Waals surface area contributed by atoms with Crippen molar-refractivity contribution >= 4 is 5.91 Å². The van der Waals surface area contributed by atoms with Crippen molar-refractivity contribution in [1.82, 2.24) is 19.7 Å². The Morgan fingerprint density at radius 1 is 1.27 bits per heavy atom. The van der Waals surface area contributed by atoms with Gasteiger partial charge in [0.15, 0.2) is 5.82 Å². The summed E-state index contributed by atoms with van der Waals surface area (Å²) < 4.78 is 7.21. The van der Waals surface area contributed by atoms with E-state index in [0.717, 1.165) is 0 Å². The van der Waals surface area contributed by atoms with E-state index in [1.54, 1.807) is 77.6 Å². The molecule has 0 aliphatic carbocycles. The molecule has 0 N–H and O–H groups in total. The molecule has 0 aliphatic rings. The van der Waals surface area contributed by atoms with Crippen molar-refractivity contribution in [2.24, 2.45) is 0 Å². The van der Waals surface area contributed by atoms with E-state index in [9.17, 15) is 4.79 Å². The molecule has 2 aromatic heterocycles. The fourth-order valence-corrected chi connectivity index (χ4v) is 2.33. The Morgan fingerprint density at radius 2 is 2.12 bits per heavy atom. The maximum atomic E-state index is 12.5. The van der Waals surface area contributed by atoms with E-state index in [2.05, 4.69) is 16.2 Å². The van der Waals surface area contributed by atoms with Gasteiger partial charge in [-0.25, -0.2) is 9.67 Å². The van der Waals surface area contributed by atoms with Crippen LogP contribution in [0, 0.1) is 11.3 Å². The first-order chi connectivity index (χ1) is 12.7. The van der Waals surface area contributed by atoms with E-state index < -0.39 is 0 Å². The first-order valence-corrected chi connectivity index (χ1v) is 8.03. The number of carbonyl (C=O) groups is 1. The van der Waals surface area contributed by atoms with Crippen LogP contribution in [0.2, 0.25) is 0 Å². The van der Waals surface area contributed by atoms with Gasteiger partial charge >= 0.3 is 0 Å². The van der Waals surface area contributed by atoms with Gasteiger partial charge in [0.2, 0.25) is 0 Å². The van der Waals surface area contributed by atoms with Crippen molar-refractivity contribution in [2.75, 3.05) is 20.2 Å². The molecule has 7 nitrogen and oxygen atoms in total. The molecule has 2 heterocycles. The number of amides is 1. The van der Waals surface area contributed by atoms with Crippen LogP contribution >= 0.6 is 0 Å². The van der Waals surface area contributed by atoms with Crippen LogP contribution in [0.25, 0.3) is 5.82 Å². The minimum atomic E-state index is -0.201. The molecule has 1 amide bonds. The second-order valence-electron chi connectivity index (χ2n) is 5.55. The number of benzene rings is 1. The van der Waals surface area contributed by atoms with Gasteiger partial charge in [0.25, 0.3) is 5.91 Å². The molecule has 0 radical (unpaired) electrons. The van der Waals surface area contributed by atoms with Crippen LogP contribution < -0.4 is 4.74 Å². The summed E-state index contributed by atoms with van der Waals surface area (Å²) in [6, 6.07) is 16.0. The minimum Gasteiger partial charge on any atom is -0.492 e. The molecule has 1 aromatic carbocycles. The average molecular weight is 347 g/mol. The highest BCUT2D eigenvalue weighted by atomic mass is 16.5. The number of hydrogen-bond donors (Lipinski definition) is 0. The predicted octanol–water partition coefficient (Wildman–Crippen LogP) is 2.29. The summed E-state index contributed by atoms with van der Waals surface area (Å²) in [5, 5.41) is 13.0. The lowest BCUT2D eigenvalue weighted by Crippen LogP contribution is -2.31. The molecule has 3 aromatic rings. The van der Waals surface area contributed by atoms with Crippen LogP contribution in [0.1, 0.15) is 16.1 Å². The summed E-state index contributed by atoms with van der Waals surface area (Å²) in [5.41, 5.74) is 0.874. The highest BCUT2D eigenvalue weighted by Crippen LogP contribution is 2.12. The molecular formula is C19H17N5O2. The molecule has 0 atom stereocenters. The molecule has 0 aliphatic heterocycles. The van der Waals surface area contributed by atoms with E-state index in [4.69, 9.17) is 10.00 Å². The van der Waals surface area contributed by atoms with Gasteiger partial charge < -0.3 is 9.64 Å². The fraction of sp³-hybridized carbons (Fsp3) is 0.158. The number of nitriles is 1. The molecule has 0 unspecified atom stereocenters. The predicted molar refractivity (Wildman–Crippen MR) is 95.0 cm³/mol. The van der Waals surface area contributed by atoms with Gasteiger partial charge in [-0.2, -0.15) is 10.4 Å². The molecule has 0 fully saturated rings. The second kappa shape index (κ2) is 7.94. The van der Waals surface area contributed by atoms with Gasteiger partial charge in [-0.15, -0.1) is 0 Å². The third-order valence-electron chi connectivity index (χ3n) is 3.70. The van der Waals surface area contributed by atoms with Crippen molar-refractivity contribution < 1.29 is 9.53 Å². The number of aromatic nitrogens is 3. The molecule has 0 spiro atoms. The zero-order chi connectivity index (χ0) is 18.4. The van der Waals surface area contributed by atoms with Crippen molar-refractivity contribution in [1.29, 1.82) is 5.26 Å². The van der Waals surface area contributed by atoms with Gasteiger partial charge in [-0.05, 0) is 36.4 Å². The number of hydrogen-bond acceptors (Lipinski definition) is 5. The minimum absolute atomic E-state index is 0.201. The summed E-state index contributed by atoms with van der Waals surface area (Å²) in [7, 11) is 1.69. The number of pyridine rings is 1. The van der Waals surface area contributed by atoms with Crippen LogP contribution in [0.5, 0.6) is 5.75 Å². The molecule has 7 heteroatoms. The van der Waals surface area contributed by atoms with E-state index in [-0.39, 0.29) is 5.91 Å².